The number of carbonyl (C=O) groups is 1. The molecule has 3 nitrogen and oxygen atoms in total. The summed E-state index contributed by atoms with van der Waals surface area (Å²) in [5.41, 5.74) is 0. The highest BCUT2D eigenvalue weighted by Crippen LogP contribution is 2.22. The predicted molar refractivity (Wildman–Crippen MR) is 79.6 cm³/mol. The minimum atomic E-state index is 0.352. The van der Waals surface area contributed by atoms with Crippen LogP contribution in [0, 0.1) is 12.8 Å². The molecule has 0 spiro atoms. The maximum absolute atomic E-state index is 12.1. The number of piperidine rings is 1. The number of hydrogen-bond donors (Lipinski definition) is 0. The average Bonchev–Trinajstić information content (AvgIpc) is 2.74. The van der Waals surface area contributed by atoms with E-state index in [1.807, 2.05) is 13.1 Å². The first-order valence-electron chi connectivity index (χ1n) is 7.21. The molecule has 0 bridgehead atoms. The SMILES string of the molecule is Cc1cnc(CC(=O)C[C@H]2CCCN(C(C)C)C2)s1. The van der Waals surface area contributed by atoms with Gasteiger partial charge in [-0.05, 0) is 46.1 Å². The zero-order valence-electron chi connectivity index (χ0n) is 12.2. The molecule has 1 aromatic rings. The van der Waals surface area contributed by atoms with Crippen LogP contribution in [-0.4, -0.2) is 34.8 Å². The number of ketones is 1. The van der Waals surface area contributed by atoms with Crippen LogP contribution in [0.2, 0.25) is 0 Å². The van der Waals surface area contributed by atoms with Gasteiger partial charge in [0.1, 0.15) is 10.8 Å². The first-order chi connectivity index (χ1) is 9.04. The molecule has 19 heavy (non-hydrogen) atoms. The Labute approximate surface area is 120 Å². The Morgan fingerprint density at radius 2 is 2.37 bits per heavy atom. The van der Waals surface area contributed by atoms with Gasteiger partial charge in [-0.2, -0.15) is 0 Å². The van der Waals surface area contributed by atoms with Crippen molar-refractivity contribution in [1.82, 2.24) is 9.88 Å². The fourth-order valence-corrected chi connectivity index (χ4v) is 3.59. The highest BCUT2D eigenvalue weighted by atomic mass is 32.1. The van der Waals surface area contributed by atoms with Crippen molar-refractivity contribution in [2.75, 3.05) is 13.1 Å². The van der Waals surface area contributed by atoms with Crippen molar-refractivity contribution in [1.29, 1.82) is 0 Å². The summed E-state index contributed by atoms with van der Waals surface area (Å²) in [6.45, 7) is 8.78. The molecule has 0 aliphatic carbocycles. The largest absolute Gasteiger partial charge is 0.301 e. The van der Waals surface area contributed by atoms with Crippen molar-refractivity contribution in [2.24, 2.45) is 5.92 Å². The molecule has 0 radical (unpaired) electrons. The second kappa shape index (κ2) is 6.62. The molecular formula is C15H24N2OS. The number of aryl methyl sites for hydroxylation is 1. The molecule has 1 aliphatic rings. The van der Waals surface area contributed by atoms with Crippen molar-refractivity contribution in [3.05, 3.63) is 16.1 Å². The summed E-state index contributed by atoms with van der Waals surface area (Å²) in [7, 11) is 0. The highest BCUT2D eigenvalue weighted by Gasteiger charge is 2.23. The number of Topliss-reactive ketones (excluding diaryl/α,β-unsaturated/α-hetero) is 1. The Bertz CT molecular complexity index is 428. The van der Waals surface area contributed by atoms with Crippen molar-refractivity contribution in [3.63, 3.8) is 0 Å². The van der Waals surface area contributed by atoms with E-state index in [0.717, 1.165) is 18.0 Å². The van der Waals surface area contributed by atoms with Crippen LogP contribution >= 0.6 is 11.3 Å². The van der Waals surface area contributed by atoms with E-state index in [9.17, 15) is 4.79 Å². The number of nitrogens with zero attached hydrogens (tertiary/aromatic N) is 2. The summed E-state index contributed by atoms with van der Waals surface area (Å²) in [5, 5.41) is 0.971. The Balaban J connectivity index is 1.81. The van der Waals surface area contributed by atoms with E-state index in [1.165, 1.54) is 24.3 Å². The summed E-state index contributed by atoms with van der Waals surface area (Å²) in [4.78, 5) is 20.1. The lowest BCUT2D eigenvalue weighted by Gasteiger charge is -2.35. The zero-order chi connectivity index (χ0) is 13.8. The van der Waals surface area contributed by atoms with Crippen molar-refractivity contribution >= 4 is 17.1 Å². The van der Waals surface area contributed by atoms with Gasteiger partial charge in [0.25, 0.3) is 0 Å². The Morgan fingerprint density at radius 3 is 3.00 bits per heavy atom. The lowest BCUT2D eigenvalue weighted by Crippen LogP contribution is -2.40. The average molecular weight is 280 g/mol. The monoisotopic (exact) mass is 280 g/mol. The maximum Gasteiger partial charge on any atom is 0.140 e. The number of thiazole rings is 1. The van der Waals surface area contributed by atoms with Gasteiger partial charge in [-0.15, -0.1) is 11.3 Å². The smallest absolute Gasteiger partial charge is 0.140 e. The van der Waals surface area contributed by atoms with Gasteiger partial charge >= 0.3 is 0 Å². The minimum absolute atomic E-state index is 0.352. The summed E-state index contributed by atoms with van der Waals surface area (Å²) in [5.74, 6) is 0.898. The maximum atomic E-state index is 12.1. The van der Waals surface area contributed by atoms with Gasteiger partial charge in [0.15, 0.2) is 0 Å². The summed E-state index contributed by atoms with van der Waals surface area (Å²) < 4.78 is 0. The number of carbonyl (C=O) groups excluding carboxylic acids is 1. The minimum Gasteiger partial charge on any atom is -0.301 e. The molecular weight excluding hydrogens is 256 g/mol. The lowest BCUT2D eigenvalue weighted by molar-refractivity contribution is -0.119. The van der Waals surface area contributed by atoms with Gasteiger partial charge in [-0.25, -0.2) is 4.98 Å². The van der Waals surface area contributed by atoms with Crippen LogP contribution in [0.25, 0.3) is 0 Å². The van der Waals surface area contributed by atoms with Crippen molar-refractivity contribution < 1.29 is 4.79 Å². The third kappa shape index (κ3) is 4.39. The summed E-state index contributed by atoms with van der Waals surface area (Å²) in [6.07, 6.45) is 5.53. The number of hydrogen-bond acceptors (Lipinski definition) is 4. The van der Waals surface area contributed by atoms with Crippen LogP contribution in [0.3, 0.4) is 0 Å². The molecule has 1 atom stereocenters. The number of aromatic nitrogens is 1. The van der Waals surface area contributed by atoms with Gasteiger partial charge in [0.2, 0.25) is 0 Å². The molecule has 0 unspecified atom stereocenters. The van der Waals surface area contributed by atoms with E-state index >= 15 is 0 Å². The fraction of sp³-hybridized carbons (Fsp3) is 0.733. The number of rotatable bonds is 5. The topological polar surface area (TPSA) is 33.2 Å². The second-order valence-corrected chi connectivity index (χ2v) is 7.20. The van der Waals surface area contributed by atoms with Crippen LogP contribution in [0.4, 0.5) is 0 Å². The van der Waals surface area contributed by atoms with E-state index < -0.39 is 0 Å². The van der Waals surface area contributed by atoms with Gasteiger partial charge in [0, 0.05) is 30.1 Å². The fourth-order valence-electron chi connectivity index (χ4n) is 2.78. The third-order valence-electron chi connectivity index (χ3n) is 3.81. The molecule has 0 saturated carbocycles. The van der Waals surface area contributed by atoms with Crippen LogP contribution in [0.1, 0.15) is 43.0 Å². The Hall–Kier alpha value is -0.740. The lowest BCUT2D eigenvalue weighted by atomic mass is 9.91. The molecule has 1 fully saturated rings. The standard InChI is InChI=1S/C15H24N2OS/c1-11(2)17-6-4-5-13(10-17)7-14(18)8-15-16-9-12(3)19-15/h9,11,13H,4-8,10H2,1-3H3/t13-/m1/s1. The van der Waals surface area contributed by atoms with E-state index in [1.54, 1.807) is 11.3 Å². The van der Waals surface area contributed by atoms with E-state index in [2.05, 4.69) is 23.7 Å². The van der Waals surface area contributed by atoms with Gasteiger partial charge in [-0.1, -0.05) is 0 Å². The highest BCUT2D eigenvalue weighted by molar-refractivity contribution is 7.11. The Morgan fingerprint density at radius 1 is 1.58 bits per heavy atom. The van der Waals surface area contributed by atoms with Crippen LogP contribution in [0.15, 0.2) is 6.20 Å². The summed E-state index contributed by atoms with van der Waals surface area (Å²) >= 11 is 1.64. The first-order valence-corrected chi connectivity index (χ1v) is 8.03. The molecule has 1 aromatic heterocycles. The van der Waals surface area contributed by atoms with E-state index in [4.69, 9.17) is 0 Å². The molecule has 4 heteroatoms. The van der Waals surface area contributed by atoms with Crippen LogP contribution in [0.5, 0.6) is 0 Å². The molecule has 0 N–H and O–H groups in total. The first kappa shape index (κ1) is 14.7. The molecule has 1 saturated heterocycles. The molecule has 0 amide bonds. The Kier molecular flexibility index (Phi) is 5.11. The van der Waals surface area contributed by atoms with Crippen LogP contribution in [-0.2, 0) is 11.2 Å². The molecule has 2 heterocycles. The molecule has 1 aliphatic heterocycles. The van der Waals surface area contributed by atoms with Crippen molar-refractivity contribution in [2.45, 2.75) is 52.5 Å². The molecule has 106 valence electrons. The van der Waals surface area contributed by atoms with E-state index in [0.29, 0.717) is 24.2 Å². The zero-order valence-corrected chi connectivity index (χ0v) is 13.0. The van der Waals surface area contributed by atoms with Gasteiger partial charge in [-0.3, -0.25) is 4.79 Å². The number of likely N-dealkylation sites (tertiary alicyclic amines) is 1. The van der Waals surface area contributed by atoms with Gasteiger partial charge < -0.3 is 4.90 Å². The molecule has 0 aromatic carbocycles. The van der Waals surface area contributed by atoms with Crippen molar-refractivity contribution in [3.8, 4) is 0 Å². The van der Waals surface area contributed by atoms with Crippen LogP contribution < -0.4 is 0 Å². The van der Waals surface area contributed by atoms with E-state index in [-0.39, 0.29) is 0 Å². The molecule has 2 rings (SSSR count). The summed E-state index contributed by atoms with van der Waals surface area (Å²) in [6, 6.07) is 0.597. The predicted octanol–water partition coefficient (Wildman–Crippen LogP) is 3.07. The quantitative estimate of drug-likeness (QED) is 0.831. The third-order valence-corrected chi connectivity index (χ3v) is 4.73. The second-order valence-electron chi connectivity index (χ2n) is 5.88. The normalized spacial score (nSPS) is 20.9. The van der Waals surface area contributed by atoms with Gasteiger partial charge in [0.05, 0.1) is 6.42 Å².